The van der Waals surface area contributed by atoms with Crippen LogP contribution in [0.4, 0.5) is 0 Å². The standard InChI is InChI=1S/C31H33NO4.ClH/c1-22(33)23-5-7-24(8-6-23)29-15-9-25-21-26(34)10-16-30(25)31(29)36-28-13-11-27(12-14-28)35-20-19-32-17-3-2-4-18-32;/h5-16,21-22,33-34H,2-4,17-20H2,1H3;1H. The van der Waals surface area contributed by atoms with Gasteiger partial charge in [0, 0.05) is 17.5 Å². The zero-order valence-corrected chi connectivity index (χ0v) is 21.9. The third-order valence-electron chi connectivity index (χ3n) is 6.83. The molecule has 1 atom stereocenters. The number of hydrogen-bond acceptors (Lipinski definition) is 5. The number of piperidine rings is 1. The first-order chi connectivity index (χ1) is 17.6. The zero-order chi connectivity index (χ0) is 24.9. The van der Waals surface area contributed by atoms with Crippen molar-refractivity contribution in [3.8, 4) is 34.1 Å². The zero-order valence-electron chi connectivity index (χ0n) is 21.1. The monoisotopic (exact) mass is 519 g/mol. The molecule has 194 valence electrons. The van der Waals surface area contributed by atoms with Crippen molar-refractivity contribution in [2.45, 2.75) is 32.3 Å². The fourth-order valence-corrected chi connectivity index (χ4v) is 4.76. The molecule has 0 spiro atoms. The lowest BCUT2D eigenvalue weighted by molar-refractivity contribution is 0.183. The summed E-state index contributed by atoms with van der Waals surface area (Å²) in [7, 11) is 0. The Bertz CT molecular complexity index is 1300. The maximum absolute atomic E-state index is 9.98. The minimum atomic E-state index is -0.519. The van der Waals surface area contributed by atoms with E-state index in [0.29, 0.717) is 12.4 Å². The van der Waals surface area contributed by atoms with Crippen molar-refractivity contribution in [2.24, 2.45) is 0 Å². The maximum atomic E-state index is 9.98. The van der Waals surface area contributed by atoms with Crippen LogP contribution in [0.25, 0.3) is 21.9 Å². The van der Waals surface area contributed by atoms with Gasteiger partial charge in [-0.1, -0.05) is 36.8 Å². The predicted molar refractivity (Wildman–Crippen MR) is 151 cm³/mol. The molecule has 0 radical (unpaired) electrons. The van der Waals surface area contributed by atoms with Crippen LogP contribution in [-0.2, 0) is 0 Å². The molecule has 1 fully saturated rings. The van der Waals surface area contributed by atoms with Crippen molar-refractivity contribution < 1.29 is 19.7 Å². The van der Waals surface area contributed by atoms with E-state index in [-0.39, 0.29) is 18.2 Å². The Labute approximate surface area is 224 Å². The van der Waals surface area contributed by atoms with Gasteiger partial charge < -0.3 is 19.7 Å². The molecule has 1 aliphatic rings. The van der Waals surface area contributed by atoms with Gasteiger partial charge in [0.25, 0.3) is 0 Å². The number of fused-ring (bicyclic) bond motifs is 1. The van der Waals surface area contributed by atoms with E-state index in [1.54, 1.807) is 19.1 Å². The quantitative estimate of drug-likeness (QED) is 0.255. The van der Waals surface area contributed by atoms with Crippen LogP contribution in [0.1, 0.15) is 37.9 Å². The number of aliphatic hydroxyl groups is 1. The molecule has 0 aromatic heterocycles. The van der Waals surface area contributed by atoms with Gasteiger partial charge in [0.1, 0.15) is 29.6 Å². The molecule has 0 bridgehead atoms. The minimum Gasteiger partial charge on any atom is -0.508 e. The van der Waals surface area contributed by atoms with E-state index >= 15 is 0 Å². The van der Waals surface area contributed by atoms with E-state index in [9.17, 15) is 10.2 Å². The number of likely N-dealkylation sites (tertiary alicyclic amines) is 1. The number of ether oxygens (including phenoxy) is 2. The third-order valence-corrected chi connectivity index (χ3v) is 6.83. The van der Waals surface area contributed by atoms with Gasteiger partial charge in [0.15, 0.2) is 0 Å². The van der Waals surface area contributed by atoms with Crippen molar-refractivity contribution in [1.82, 2.24) is 4.90 Å². The van der Waals surface area contributed by atoms with E-state index in [1.165, 1.54) is 32.4 Å². The summed E-state index contributed by atoms with van der Waals surface area (Å²) in [6.45, 7) is 5.73. The van der Waals surface area contributed by atoms with Crippen molar-refractivity contribution >= 4 is 23.2 Å². The normalized spacial score (nSPS) is 14.6. The molecule has 0 amide bonds. The summed E-state index contributed by atoms with van der Waals surface area (Å²) in [5, 5.41) is 21.7. The van der Waals surface area contributed by atoms with Crippen molar-refractivity contribution in [1.29, 1.82) is 0 Å². The van der Waals surface area contributed by atoms with E-state index in [0.717, 1.165) is 45.5 Å². The first-order valence-corrected chi connectivity index (χ1v) is 12.7. The molecule has 4 aromatic carbocycles. The van der Waals surface area contributed by atoms with E-state index < -0.39 is 6.10 Å². The van der Waals surface area contributed by atoms with Gasteiger partial charge in [-0.05, 0) is 97.9 Å². The molecule has 4 aromatic rings. The van der Waals surface area contributed by atoms with Crippen molar-refractivity contribution in [3.05, 3.63) is 84.4 Å². The first-order valence-electron chi connectivity index (χ1n) is 12.7. The number of halogens is 1. The molecule has 0 saturated carbocycles. The number of phenolic OH excluding ortho intramolecular Hbond substituents is 1. The summed E-state index contributed by atoms with van der Waals surface area (Å²) in [4.78, 5) is 2.47. The number of hydrogen-bond donors (Lipinski definition) is 2. The number of aliphatic hydroxyl groups excluding tert-OH is 1. The molecule has 1 aliphatic heterocycles. The lowest BCUT2D eigenvalue weighted by Gasteiger charge is -2.26. The Hall–Kier alpha value is -3.25. The molecule has 0 aliphatic carbocycles. The summed E-state index contributed by atoms with van der Waals surface area (Å²) in [5.74, 6) is 2.47. The molecule has 5 rings (SSSR count). The lowest BCUT2D eigenvalue weighted by atomic mass is 9.98. The molecular formula is C31H34ClNO4. The highest BCUT2D eigenvalue weighted by Gasteiger charge is 2.14. The van der Waals surface area contributed by atoms with Crippen LogP contribution in [0.5, 0.6) is 23.0 Å². The second kappa shape index (κ2) is 12.3. The van der Waals surface area contributed by atoms with Crippen LogP contribution < -0.4 is 9.47 Å². The fourth-order valence-electron chi connectivity index (χ4n) is 4.76. The van der Waals surface area contributed by atoms with Crippen molar-refractivity contribution in [3.63, 3.8) is 0 Å². The highest BCUT2D eigenvalue weighted by Crippen LogP contribution is 2.41. The van der Waals surface area contributed by atoms with Gasteiger partial charge in [-0.3, -0.25) is 4.90 Å². The van der Waals surface area contributed by atoms with Gasteiger partial charge in [-0.25, -0.2) is 0 Å². The third kappa shape index (κ3) is 6.55. The van der Waals surface area contributed by atoms with E-state index in [4.69, 9.17) is 9.47 Å². The number of phenols is 1. The van der Waals surface area contributed by atoms with E-state index in [1.807, 2.05) is 66.7 Å². The lowest BCUT2D eigenvalue weighted by Crippen LogP contribution is -2.33. The summed E-state index contributed by atoms with van der Waals surface area (Å²) in [5.41, 5.74) is 2.79. The van der Waals surface area contributed by atoms with Gasteiger partial charge in [-0.15, -0.1) is 12.4 Å². The molecular weight excluding hydrogens is 486 g/mol. The molecule has 1 unspecified atom stereocenters. The van der Waals surface area contributed by atoms with Crippen LogP contribution in [0.2, 0.25) is 0 Å². The van der Waals surface area contributed by atoms with Crippen LogP contribution >= 0.6 is 12.4 Å². The smallest absolute Gasteiger partial charge is 0.143 e. The number of benzene rings is 4. The van der Waals surface area contributed by atoms with Gasteiger partial charge in [0.2, 0.25) is 0 Å². The molecule has 6 heteroatoms. The van der Waals surface area contributed by atoms with E-state index in [2.05, 4.69) is 4.90 Å². The SMILES string of the molecule is CC(O)c1ccc(-c2ccc3cc(O)ccc3c2Oc2ccc(OCCN3CCCCC3)cc2)cc1.Cl. The van der Waals surface area contributed by atoms with Gasteiger partial charge in [0.05, 0.1) is 6.10 Å². The molecule has 37 heavy (non-hydrogen) atoms. The van der Waals surface area contributed by atoms with Crippen LogP contribution in [0, 0.1) is 0 Å². The highest BCUT2D eigenvalue weighted by molar-refractivity contribution is 5.96. The minimum absolute atomic E-state index is 0. The topological polar surface area (TPSA) is 62.2 Å². The Morgan fingerprint density at radius 1 is 0.838 bits per heavy atom. The number of rotatable bonds is 8. The van der Waals surface area contributed by atoms with Crippen molar-refractivity contribution in [2.75, 3.05) is 26.2 Å². The van der Waals surface area contributed by atoms with Gasteiger partial charge in [-0.2, -0.15) is 0 Å². The Morgan fingerprint density at radius 3 is 2.24 bits per heavy atom. The Kier molecular flexibility index (Phi) is 8.93. The molecule has 5 nitrogen and oxygen atoms in total. The average Bonchev–Trinajstić information content (AvgIpc) is 2.90. The summed E-state index contributed by atoms with van der Waals surface area (Å²) in [6.07, 6.45) is 3.39. The summed E-state index contributed by atoms with van der Waals surface area (Å²) >= 11 is 0. The summed E-state index contributed by atoms with van der Waals surface area (Å²) in [6, 6.07) is 24.9. The molecule has 1 heterocycles. The number of aromatic hydroxyl groups is 1. The second-order valence-electron chi connectivity index (χ2n) is 9.47. The predicted octanol–water partition coefficient (Wildman–Crippen LogP) is 7.34. The Balaban J connectivity index is 0.00000320. The Morgan fingerprint density at radius 2 is 1.54 bits per heavy atom. The van der Waals surface area contributed by atoms with Gasteiger partial charge >= 0.3 is 0 Å². The summed E-state index contributed by atoms with van der Waals surface area (Å²) < 4.78 is 12.4. The fraction of sp³-hybridized carbons (Fsp3) is 0.290. The second-order valence-corrected chi connectivity index (χ2v) is 9.47. The van der Waals surface area contributed by atoms with Crippen LogP contribution in [0.3, 0.4) is 0 Å². The molecule has 1 saturated heterocycles. The largest absolute Gasteiger partial charge is 0.508 e. The highest BCUT2D eigenvalue weighted by atomic mass is 35.5. The first kappa shape index (κ1) is 26.8. The average molecular weight is 520 g/mol. The molecule has 2 N–H and O–H groups in total. The number of nitrogens with zero attached hydrogens (tertiary/aromatic N) is 1. The van der Waals surface area contributed by atoms with Crippen LogP contribution in [0.15, 0.2) is 78.9 Å². The van der Waals surface area contributed by atoms with Crippen LogP contribution in [-0.4, -0.2) is 41.4 Å². The maximum Gasteiger partial charge on any atom is 0.143 e.